The fraction of sp³-hybridized carbons (Fsp3) is 0.680. The summed E-state index contributed by atoms with van der Waals surface area (Å²) in [5, 5.41) is -1.15. The van der Waals surface area contributed by atoms with E-state index in [1.54, 1.807) is 24.3 Å². The third kappa shape index (κ3) is 11.5. The quantitative estimate of drug-likeness (QED) is 0.192. The molecule has 180 valence electrons. The van der Waals surface area contributed by atoms with Gasteiger partial charge in [-0.25, -0.2) is 18.2 Å². The predicted octanol–water partition coefficient (Wildman–Crippen LogP) is 3.65. The number of nitrogens with zero attached hydrogens (tertiary/aromatic N) is 1. The molecule has 0 aliphatic heterocycles. The van der Waals surface area contributed by atoms with E-state index >= 15 is 0 Å². The Hall–Kier alpha value is -0.730. The van der Waals surface area contributed by atoms with Crippen molar-refractivity contribution in [1.82, 2.24) is 4.98 Å². The predicted molar refractivity (Wildman–Crippen MR) is 128 cm³/mol. The number of hydrogen-bond acceptors (Lipinski definition) is 6. The second kappa shape index (κ2) is 16.8. The molecule has 0 aliphatic carbocycles. The van der Waals surface area contributed by atoms with Crippen LogP contribution in [0.5, 0.6) is 0 Å². The van der Waals surface area contributed by atoms with Gasteiger partial charge >= 0.3 is 35.2 Å². The van der Waals surface area contributed by atoms with Crippen LogP contribution in [0.1, 0.15) is 114 Å². The van der Waals surface area contributed by atoms with Crippen LogP contribution in [0.2, 0.25) is 0 Å². The first kappa shape index (κ1) is 30.3. The number of fused-ring (bicyclic) bond motifs is 1. The van der Waals surface area contributed by atoms with Crippen molar-refractivity contribution in [3.8, 4) is 0 Å². The van der Waals surface area contributed by atoms with Gasteiger partial charge in [0.25, 0.3) is 0 Å². The molecule has 0 N–H and O–H groups in total. The van der Waals surface area contributed by atoms with Crippen molar-refractivity contribution in [2.24, 2.45) is 0 Å². The fourth-order valence-corrected chi connectivity index (χ4v) is 4.89. The summed E-state index contributed by atoms with van der Waals surface area (Å²) in [5.74, 6) is -0.293. The van der Waals surface area contributed by atoms with Gasteiger partial charge in [0, 0.05) is 0 Å². The summed E-state index contributed by atoms with van der Waals surface area (Å²) in [5.41, 5.74) is -0.325. The van der Waals surface area contributed by atoms with Gasteiger partial charge in [-0.2, -0.15) is 0 Å². The van der Waals surface area contributed by atoms with Gasteiger partial charge in [0.2, 0.25) is 5.89 Å². The van der Waals surface area contributed by atoms with Crippen LogP contribution in [0.3, 0.4) is 0 Å². The summed E-state index contributed by atoms with van der Waals surface area (Å²) >= 11 is 0. The molecule has 0 saturated heterocycles. The van der Waals surface area contributed by atoms with Gasteiger partial charge in [0.05, 0.1) is 10.9 Å². The van der Waals surface area contributed by atoms with Crippen LogP contribution in [0.15, 0.2) is 33.5 Å². The maximum Gasteiger partial charge on any atom is 1.00 e. The zero-order valence-electron chi connectivity index (χ0n) is 20.4. The number of para-hydroxylation sites is 1. The zero-order valence-corrected chi connectivity index (χ0v) is 23.2. The van der Waals surface area contributed by atoms with Crippen molar-refractivity contribution < 1.29 is 46.9 Å². The Balaban J connectivity index is 0.00000544. The van der Waals surface area contributed by atoms with Crippen molar-refractivity contribution >= 4 is 21.0 Å². The molecule has 1 atom stereocenters. The number of unbranched alkanes of at least 4 members (excludes halogenated alkanes) is 13. The SMILES string of the molecule is CCCCCCCCCCCCCCCCC(c1nc2ccccc2c(=O)o1)S(=O)(=O)[O-].[Na+]. The van der Waals surface area contributed by atoms with Gasteiger partial charge in [0.1, 0.15) is 15.4 Å². The molecule has 1 aromatic carbocycles. The summed E-state index contributed by atoms with van der Waals surface area (Å²) in [4.78, 5) is 16.3. The molecule has 0 radical (unpaired) electrons. The minimum Gasteiger partial charge on any atom is -0.747 e. The van der Waals surface area contributed by atoms with Gasteiger partial charge in [-0.15, -0.1) is 0 Å². The normalized spacial score (nSPS) is 12.5. The Bertz CT molecular complexity index is 961. The van der Waals surface area contributed by atoms with E-state index in [1.807, 2.05) is 0 Å². The zero-order chi connectivity index (χ0) is 23.2. The van der Waals surface area contributed by atoms with E-state index in [0.717, 1.165) is 19.3 Å². The summed E-state index contributed by atoms with van der Waals surface area (Å²) in [7, 11) is -4.67. The van der Waals surface area contributed by atoms with Crippen molar-refractivity contribution in [3.63, 3.8) is 0 Å². The number of aromatic nitrogens is 1. The van der Waals surface area contributed by atoms with Crippen LogP contribution in [0.4, 0.5) is 0 Å². The van der Waals surface area contributed by atoms with Gasteiger partial charge in [-0.1, -0.05) is 109 Å². The second-order valence-corrected chi connectivity index (χ2v) is 10.3. The molecule has 1 aromatic heterocycles. The molecule has 1 unspecified atom stereocenters. The maximum atomic E-state index is 12.1. The van der Waals surface area contributed by atoms with E-state index in [2.05, 4.69) is 11.9 Å². The van der Waals surface area contributed by atoms with E-state index in [0.29, 0.717) is 11.9 Å². The first-order chi connectivity index (χ1) is 15.4. The first-order valence-corrected chi connectivity index (χ1v) is 13.7. The molecule has 2 aromatic rings. The Labute approximate surface area is 221 Å². The minimum atomic E-state index is -4.67. The molecule has 0 saturated carbocycles. The molecule has 1 heterocycles. The smallest absolute Gasteiger partial charge is 0.747 e. The van der Waals surface area contributed by atoms with Gasteiger partial charge in [-0.3, -0.25) is 0 Å². The molecule has 2 rings (SSSR count). The monoisotopic (exact) mass is 487 g/mol. The summed E-state index contributed by atoms with van der Waals surface area (Å²) in [6, 6.07) is 6.55. The molecule has 0 spiro atoms. The van der Waals surface area contributed by atoms with Crippen molar-refractivity contribution in [2.75, 3.05) is 0 Å². The van der Waals surface area contributed by atoms with Crippen LogP contribution >= 0.6 is 0 Å². The van der Waals surface area contributed by atoms with Crippen molar-refractivity contribution in [2.45, 2.75) is 108 Å². The van der Waals surface area contributed by atoms with Gasteiger partial charge in [-0.05, 0) is 18.6 Å². The number of rotatable bonds is 17. The Kier molecular flexibility index (Phi) is 15.4. The largest absolute Gasteiger partial charge is 1.00 e. The Morgan fingerprint density at radius 3 is 1.85 bits per heavy atom. The third-order valence-corrected chi connectivity index (χ3v) is 7.13. The molecule has 6 nitrogen and oxygen atoms in total. The average molecular weight is 488 g/mol. The van der Waals surface area contributed by atoms with Crippen molar-refractivity contribution in [3.05, 3.63) is 40.6 Å². The van der Waals surface area contributed by atoms with E-state index < -0.39 is 21.0 Å². The second-order valence-electron chi connectivity index (χ2n) is 8.72. The standard InChI is InChI=1S/C25H39NO5S.Na/c1-2-3-4-5-6-7-8-9-10-11-12-13-14-15-20-23(32(28,29)30)24-26-22-19-17-16-18-21(22)25(27)31-24;/h16-19,23H,2-15,20H2,1H3,(H,28,29,30);/q;+1/p-1. The first-order valence-electron chi connectivity index (χ1n) is 12.3. The summed E-state index contributed by atoms with van der Waals surface area (Å²) in [6.07, 6.45) is 16.8. The number of hydrogen-bond donors (Lipinski definition) is 0. The van der Waals surface area contributed by atoms with Crippen LogP contribution in [0, 0.1) is 0 Å². The van der Waals surface area contributed by atoms with E-state index in [4.69, 9.17) is 4.42 Å². The molecule has 0 aliphatic rings. The van der Waals surface area contributed by atoms with Crippen LogP contribution < -0.4 is 35.2 Å². The Morgan fingerprint density at radius 1 is 0.848 bits per heavy atom. The topological polar surface area (TPSA) is 100 Å². The maximum absolute atomic E-state index is 12.1. The molecule has 0 fully saturated rings. The fourth-order valence-electron chi connectivity index (χ4n) is 4.09. The number of benzene rings is 1. The minimum absolute atomic E-state index is 0. The Morgan fingerprint density at radius 2 is 1.33 bits per heavy atom. The van der Waals surface area contributed by atoms with Crippen molar-refractivity contribution in [1.29, 1.82) is 0 Å². The van der Waals surface area contributed by atoms with Gasteiger partial charge < -0.3 is 8.97 Å². The van der Waals surface area contributed by atoms with Crippen LogP contribution in [0.25, 0.3) is 10.9 Å². The summed E-state index contributed by atoms with van der Waals surface area (Å²) in [6.45, 7) is 2.24. The van der Waals surface area contributed by atoms with Gasteiger partial charge in [0.15, 0.2) is 0 Å². The molecule has 33 heavy (non-hydrogen) atoms. The molecule has 0 amide bonds. The third-order valence-electron chi connectivity index (χ3n) is 6.00. The van der Waals surface area contributed by atoms with Crippen LogP contribution in [-0.4, -0.2) is 18.0 Å². The molecule has 0 bridgehead atoms. The molecular formula is C25H38NNaO5S. The van der Waals surface area contributed by atoms with E-state index in [9.17, 15) is 17.8 Å². The van der Waals surface area contributed by atoms with E-state index in [-0.39, 0.29) is 47.3 Å². The average Bonchev–Trinajstić information content (AvgIpc) is 2.75. The van der Waals surface area contributed by atoms with E-state index in [1.165, 1.54) is 64.2 Å². The van der Waals surface area contributed by atoms with Crippen LogP contribution in [-0.2, 0) is 10.1 Å². The summed E-state index contributed by atoms with van der Waals surface area (Å²) < 4.78 is 40.5. The molecule has 8 heteroatoms. The molecular weight excluding hydrogens is 449 g/mol.